The number of hydrogen-bond acceptors (Lipinski definition) is 4. The summed E-state index contributed by atoms with van der Waals surface area (Å²) < 4.78 is 19.7. The van der Waals surface area contributed by atoms with E-state index in [2.05, 4.69) is 10.4 Å². The first kappa shape index (κ1) is 20.0. The number of carbonyl (C=O) groups excluding carboxylic acids is 1. The van der Waals surface area contributed by atoms with Gasteiger partial charge in [0.05, 0.1) is 30.0 Å². The first-order valence-corrected chi connectivity index (χ1v) is 9.13. The summed E-state index contributed by atoms with van der Waals surface area (Å²) in [5.74, 6) is -0.493. The van der Waals surface area contributed by atoms with Crippen LogP contribution >= 0.6 is 0 Å². The first-order valence-electron chi connectivity index (χ1n) is 9.13. The van der Waals surface area contributed by atoms with Crippen LogP contribution in [-0.4, -0.2) is 47.2 Å². The Morgan fingerprint density at radius 1 is 1.29 bits per heavy atom. The molecule has 2 aromatic carbocycles. The maximum Gasteiger partial charge on any atom is 0.246 e. The molecule has 0 aliphatic carbocycles. The van der Waals surface area contributed by atoms with Crippen LogP contribution in [0.25, 0.3) is 16.6 Å². The van der Waals surface area contributed by atoms with Gasteiger partial charge in [0.2, 0.25) is 5.91 Å². The SMILES string of the molecule is COCC(=O)NC(CO)C(C)Cc1ccc2c(cnn2-c2ccc(F)cc2)c1. The van der Waals surface area contributed by atoms with E-state index < -0.39 is 0 Å². The minimum absolute atomic E-state index is 0.0300. The molecule has 0 aliphatic heterocycles. The van der Waals surface area contributed by atoms with Crippen molar-refractivity contribution >= 4 is 16.8 Å². The third-order valence-corrected chi connectivity index (χ3v) is 4.77. The third-order valence-electron chi connectivity index (χ3n) is 4.77. The Balaban J connectivity index is 1.75. The van der Waals surface area contributed by atoms with Crippen LogP contribution in [0.1, 0.15) is 12.5 Å². The number of fused-ring (bicyclic) bond motifs is 1. The number of aromatic nitrogens is 2. The van der Waals surface area contributed by atoms with Crippen molar-refractivity contribution in [2.75, 3.05) is 20.3 Å². The zero-order valence-electron chi connectivity index (χ0n) is 15.9. The fraction of sp³-hybridized carbons (Fsp3) is 0.333. The number of rotatable bonds is 8. The highest BCUT2D eigenvalue weighted by atomic mass is 19.1. The van der Waals surface area contributed by atoms with E-state index >= 15 is 0 Å². The van der Waals surface area contributed by atoms with E-state index in [4.69, 9.17) is 4.74 Å². The molecule has 0 saturated carbocycles. The molecular formula is C21H24FN3O3. The minimum atomic E-state index is -0.347. The van der Waals surface area contributed by atoms with Crippen LogP contribution in [0, 0.1) is 11.7 Å². The van der Waals surface area contributed by atoms with Gasteiger partial charge in [0.1, 0.15) is 12.4 Å². The van der Waals surface area contributed by atoms with E-state index in [-0.39, 0.29) is 36.9 Å². The average molecular weight is 385 g/mol. The van der Waals surface area contributed by atoms with Crippen molar-refractivity contribution in [3.63, 3.8) is 0 Å². The molecule has 7 heteroatoms. The normalized spacial score (nSPS) is 13.4. The van der Waals surface area contributed by atoms with E-state index in [1.165, 1.54) is 19.2 Å². The Hall–Kier alpha value is -2.77. The summed E-state index contributed by atoms with van der Waals surface area (Å²) in [6, 6.07) is 11.9. The summed E-state index contributed by atoms with van der Waals surface area (Å²) in [5, 5.41) is 17.8. The fourth-order valence-corrected chi connectivity index (χ4v) is 3.26. The van der Waals surface area contributed by atoms with E-state index in [0.29, 0.717) is 6.42 Å². The van der Waals surface area contributed by atoms with E-state index in [1.54, 1.807) is 23.0 Å². The summed E-state index contributed by atoms with van der Waals surface area (Å²) in [5.41, 5.74) is 2.80. The molecule has 0 aliphatic rings. The van der Waals surface area contributed by atoms with Crippen LogP contribution in [0.4, 0.5) is 4.39 Å². The van der Waals surface area contributed by atoms with Crippen molar-refractivity contribution in [1.82, 2.24) is 15.1 Å². The van der Waals surface area contributed by atoms with Crippen molar-refractivity contribution in [2.24, 2.45) is 5.92 Å². The first-order chi connectivity index (χ1) is 13.5. The molecule has 1 amide bonds. The van der Waals surface area contributed by atoms with E-state index in [1.807, 2.05) is 25.1 Å². The van der Waals surface area contributed by atoms with Gasteiger partial charge in [0.15, 0.2) is 0 Å². The van der Waals surface area contributed by atoms with Gasteiger partial charge in [-0.1, -0.05) is 13.0 Å². The zero-order valence-corrected chi connectivity index (χ0v) is 15.9. The van der Waals surface area contributed by atoms with E-state index in [0.717, 1.165) is 22.2 Å². The highest BCUT2D eigenvalue weighted by molar-refractivity contribution is 5.81. The van der Waals surface area contributed by atoms with Crippen LogP contribution in [0.3, 0.4) is 0 Å². The lowest BCUT2D eigenvalue weighted by Gasteiger charge is -2.23. The quantitative estimate of drug-likeness (QED) is 0.625. The number of amides is 1. The number of ether oxygens (including phenoxy) is 1. The molecule has 3 aromatic rings. The predicted molar refractivity (Wildman–Crippen MR) is 105 cm³/mol. The zero-order chi connectivity index (χ0) is 20.1. The number of nitrogens with zero attached hydrogens (tertiary/aromatic N) is 2. The highest BCUT2D eigenvalue weighted by Crippen LogP contribution is 2.22. The second-order valence-electron chi connectivity index (χ2n) is 6.90. The number of halogens is 1. The molecule has 0 fully saturated rings. The Bertz CT molecular complexity index is 940. The number of aliphatic hydroxyl groups excluding tert-OH is 1. The van der Waals surface area contributed by atoms with Crippen molar-refractivity contribution in [2.45, 2.75) is 19.4 Å². The Labute approximate surface area is 162 Å². The molecule has 6 nitrogen and oxygen atoms in total. The summed E-state index contributed by atoms with van der Waals surface area (Å²) in [4.78, 5) is 11.7. The van der Waals surface area contributed by atoms with Gasteiger partial charge in [0, 0.05) is 12.5 Å². The Morgan fingerprint density at radius 3 is 2.71 bits per heavy atom. The van der Waals surface area contributed by atoms with Crippen LogP contribution in [0.15, 0.2) is 48.7 Å². The molecule has 2 atom stereocenters. The van der Waals surface area contributed by atoms with Crippen LogP contribution in [0.5, 0.6) is 0 Å². The lowest BCUT2D eigenvalue weighted by atomic mass is 9.93. The Morgan fingerprint density at radius 2 is 2.04 bits per heavy atom. The number of methoxy groups -OCH3 is 1. The van der Waals surface area contributed by atoms with Gasteiger partial charge < -0.3 is 15.2 Å². The van der Waals surface area contributed by atoms with Gasteiger partial charge in [-0.15, -0.1) is 0 Å². The standard InChI is InChI=1S/C21H24FN3O3/c1-14(19(12-26)24-21(27)13-28-2)9-15-3-8-20-16(10-15)11-23-25(20)18-6-4-17(22)5-7-18/h3-8,10-11,14,19,26H,9,12-13H2,1-2H3,(H,24,27). The largest absolute Gasteiger partial charge is 0.394 e. The Kier molecular flexibility index (Phi) is 6.38. The van der Waals surface area contributed by atoms with Crippen molar-refractivity contribution in [3.8, 4) is 5.69 Å². The molecule has 0 bridgehead atoms. The fourth-order valence-electron chi connectivity index (χ4n) is 3.26. The molecule has 2 N–H and O–H groups in total. The van der Waals surface area contributed by atoms with Crippen LogP contribution in [0.2, 0.25) is 0 Å². The number of benzene rings is 2. The van der Waals surface area contributed by atoms with Crippen molar-refractivity contribution in [1.29, 1.82) is 0 Å². The van der Waals surface area contributed by atoms with E-state index in [9.17, 15) is 14.3 Å². The lowest BCUT2D eigenvalue weighted by Crippen LogP contribution is -2.44. The maximum atomic E-state index is 13.2. The van der Waals surface area contributed by atoms with Crippen molar-refractivity contribution < 1.29 is 19.0 Å². The molecule has 148 valence electrons. The average Bonchev–Trinajstić information content (AvgIpc) is 3.10. The summed E-state index contributed by atoms with van der Waals surface area (Å²) >= 11 is 0. The van der Waals surface area contributed by atoms with Crippen molar-refractivity contribution in [3.05, 3.63) is 60.0 Å². The molecule has 0 radical (unpaired) electrons. The minimum Gasteiger partial charge on any atom is -0.394 e. The molecule has 1 heterocycles. The predicted octanol–water partition coefficient (Wildman–Crippen LogP) is 2.47. The van der Waals surface area contributed by atoms with Gasteiger partial charge in [-0.2, -0.15) is 5.10 Å². The maximum absolute atomic E-state index is 13.2. The highest BCUT2D eigenvalue weighted by Gasteiger charge is 2.19. The molecule has 0 saturated heterocycles. The molecule has 2 unspecified atom stereocenters. The van der Waals surface area contributed by atoms with Gasteiger partial charge in [0.25, 0.3) is 0 Å². The molecule has 0 spiro atoms. The van der Waals surface area contributed by atoms with Gasteiger partial charge >= 0.3 is 0 Å². The summed E-state index contributed by atoms with van der Waals surface area (Å²) in [6.45, 7) is 1.82. The molecule has 28 heavy (non-hydrogen) atoms. The molecule has 3 rings (SSSR count). The third kappa shape index (κ3) is 4.55. The van der Waals surface area contributed by atoms with Gasteiger partial charge in [-0.3, -0.25) is 4.79 Å². The summed E-state index contributed by atoms with van der Waals surface area (Å²) in [7, 11) is 1.46. The van der Waals surface area contributed by atoms with Crippen LogP contribution < -0.4 is 5.32 Å². The number of aliphatic hydroxyl groups is 1. The smallest absolute Gasteiger partial charge is 0.246 e. The lowest BCUT2D eigenvalue weighted by molar-refractivity contribution is -0.126. The number of nitrogens with one attached hydrogen (secondary N) is 1. The molecular weight excluding hydrogens is 361 g/mol. The number of carbonyl (C=O) groups is 1. The summed E-state index contributed by atoms with van der Waals surface area (Å²) in [6.07, 6.45) is 2.47. The van der Waals surface area contributed by atoms with Crippen LogP contribution in [-0.2, 0) is 16.0 Å². The topological polar surface area (TPSA) is 76.4 Å². The van der Waals surface area contributed by atoms with Gasteiger partial charge in [-0.05, 0) is 54.3 Å². The monoisotopic (exact) mass is 385 g/mol. The second kappa shape index (κ2) is 8.95. The molecule has 1 aromatic heterocycles. The number of hydrogen-bond donors (Lipinski definition) is 2. The second-order valence-corrected chi connectivity index (χ2v) is 6.90. The van der Waals surface area contributed by atoms with Gasteiger partial charge in [-0.25, -0.2) is 9.07 Å².